The summed E-state index contributed by atoms with van der Waals surface area (Å²) in [5, 5.41) is 4.23. The number of rotatable bonds is 5. The fourth-order valence-corrected chi connectivity index (χ4v) is 3.46. The van der Waals surface area contributed by atoms with Gasteiger partial charge in [-0.25, -0.2) is 4.98 Å². The SMILES string of the molecule is CC(Oc1ccc(Cl)cc1Cl)C(=O)Nc1ccccc1-c1nc2cc(Cl)ccc2o1. The summed E-state index contributed by atoms with van der Waals surface area (Å²) in [6.07, 6.45) is -0.806. The van der Waals surface area contributed by atoms with E-state index in [1.165, 1.54) is 0 Å². The van der Waals surface area contributed by atoms with Crippen LogP contribution < -0.4 is 10.1 Å². The van der Waals surface area contributed by atoms with E-state index < -0.39 is 6.10 Å². The van der Waals surface area contributed by atoms with E-state index in [4.69, 9.17) is 44.0 Å². The zero-order valence-corrected chi connectivity index (χ0v) is 17.9. The summed E-state index contributed by atoms with van der Waals surface area (Å²) >= 11 is 18.0. The van der Waals surface area contributed by atoms with Gasteiger partial charge in [-0.15, -0.1) is 0 Å². The Morgan fingerprint density at radius 1 is 1.03 bits per heavy atom. The third-order valence-electron chi connectivity index (χ3n) is 4.33. The summed E-state index contributed by atoms with van der Waals surface area (Å²) in [6.45, 7) is 1.63. The molecule has 4 aromatic rings. The van der Waals surface area contributed by atoms with Crippen molar-refractivity contribution in [2.45, 2.75) is 13.0 Å². The van der Waals surface area contributed by atoms with E-state index in [2.05, 4.69) is 10.3 Å². The average molecular weight is 462 g/mol. The number of carbonyl (C=O) groups is 1. The first kappa shape index (κ1) is 20.5. The molecule has 1 amide bonds. The van der Waals surface area contributed by atoms with Gasteiger partial charge in [0.15, 0.2) is 11.7 Å². The van der Waals surface area contributed by atoms with Gasteiger partial charge < -0.3 is 14.5 Å². The summed E-state index contributed by atoms with van der Waals surface area (Å²) in [5.41, 5.74) is 2.41. The second-order valence-electron chi connectivity index (χ2n) is 6.50. The van der Waals surface area contributed by atoms with Crippen molar-refractivity contribution in [3.63, 3.8) is 0 Å². The third-order valence-corrected chi connectivity index (χ3v) is 5.10. The Hall–Kier alpha value is -2.73. The molecule has 3 aromatic carbocycles. The zero-order chi connectivity index (χ0) is 21.3. The van der Waals surface area contributed by atoms with E-state index in [0.29, 0.717) is 49.1 Å². The number of anilines is 1. The number of carbonyl (C=O) groups excluding carboxylic acids is 1. The van der Waals surface area contributed by atoms with Crippen molar-refractivity contribution in [3.05, 3.63) is 75.7 Å². The van der Waals surface area contributed by atoms with Crippen molar-refractivity contribution in [2.24, 2.45) is 0 Å². The monoisotopic (exact) mass is 460 g/mol. The molecule has 1 unspecified atom stereocenters. The van der Waals surface area contributed by atoms with E-state index in [1.54, 1.807) is 55.5 Å². The van der Waals surface area contributed by atoms with Crippen molar-refractivity contribution in [1.82, 2.24) is 4.98 Å². The molecule has 0 radical (unpaired) electrons. The van der Waals surface area contributed by atoms with Crippen molar-refractivity contribution in [1.29, 1.82) is 0 Å². The summed E-state index contributed by atoms with van der Waals surface area (Å²) in [6, 6.07) is 17.2. The maximum absolute atomic E-state index is 12.7. The second kappa shape index (κ2) is 8.56. The topological polar surface area (TPSA) is 64.4 Å². The number of benzene rings is 3. The Balaban J connectivity index is 1.56. The van der Waals surface area contributed by atoms with E-state index in [-0.39, 0.29) is 5.91 Å². The van der Waals surface area contributed by atoms with Crippen LogP contribution in [-0.4, -0.2) is 17.0 Å². The van der Waals surface area contributed by atoms with Crippen LogP contribution in [0.15, 0.2) is 65.1 Å². The summed E-state index contributed by atoms with van der Waals surface area (Å²) in [5.74, 6) is 0.387. The molecule has 1 N–H and O–H groups in total. The number of fused-ring (bicyclic) bond motifs is 1. The molecular formula is C22H15Cl3N2O3. The van der Waals surface area contributed by atoms with Crippen LogP contribution in [-0.2, 0) is 4.79 Å². The Morgan fingerprint density at radius 2 is 1.77 bits per heavy atom. The Bertz CT molecular complexity index is 1240. The molecule has 30 heavy (non-hydrogen) atoms. The van der Waals surface area contributed by atoms with E-state index in [1.807, 2.05) is 12.1 Å². The predicted octanol–water partition coefficient (Wildman–Crippen LogP) is 6.86. The molecule has 1 aromatic heterocycles. The molecule has 1 heterocycles. The van der Waals surface area contributed by atoms with E-state index in [9.17, 15) is 4.79 Å². The van der Waals surface area contributed by atoms with Crippen LogP contribution in [0.25, 0.3) is 22.6 Å². The largest absolute Gasteiger partial charge is 0.479 e. The van der Waals surface area contributed by atoms with Crippen LogP contribution in [0.4, 0.5) is 5.69 Å². The smallest absolute Gasteiger partial charge is 0.265 e. The number of hydrogen-bond donors (Lipinski definition) is 1. The molecule has 0 saturated heterocycles. The van der Waals surface area contributed by atoms with Crippen LogP contribution in [0.3, 0.4) is 0 Å². The minimum atomic E-state index is -0.806. The van der Waals surface area contributed by atoms with Gasteiger partial charge in [0.25, 0.3) is 5.91 Å². The fourth-order valence-electron chi connectivity index (χ4n) is 2.84. The lowest BCUT2D eigenvalue weighted by Gasteiger charge is -2.16. The molecule has 0 aliphatic heterocycles. The molecule has 0 saturated carbocycles. The normalized spacial score (nSPS) is 12.0. The van der Waals surface area contributed by atoms with E-state index >= 15 is 0 Å². The number of amides is 1. The van der Waals surface area contributed by atoms with Gasteiger partial charge in [-0.05, 0) is 55.5 Å². The van der Waals surface area contributed by atoms with Crippen LogP contribution in [0.2, 0.25) is 15.1 Å². The molecule has 152 valence electrons. The fraction of sp³-hybridized carbons (Fsp3) is 0.0909. The van der Waals surface area contributed by atoms with Gasteiger partial charge in [0.1, 0.15) is 11.3 Å². The summed E-state index contributed by atoms with van der Waals surface area (Å²) in [4.78, 5) is 17.2. The first-order valence-electron chi connectivity index (χ1n) is 8.99. The number of ether oxygens (including phenoxy) is 1. The minimum Gasteiger partial charge on any atom is -0.479 e. The number of para-hydroxylation sites is 1. The maximum Gasteiger partial charge on any atom is 0.265 e. The summed E-state index contributed by atoms with van der Waals surface area (Å²) in [7, 11) is 0. The standard InChI is InChI=1S/C22H15Cl3N2O3/c1-12(29-19-8-6-13(23)10-16(19)25)21(28)26-17-5-3-2-4-15(17)22-27-18-11-14(24)7-9-20(18)30-22/h2-12H,1H3,(H,26,28). The van der Waals surface area contributed by atoms with Crippen LogP contribution in [0, 0.1) is 0 Å². The molecule has 0 aliphatic rings. The Kier molecular flexibility index (Phi) is 5.86. The van der Waals surface area contributed by atoms with Crippen molar-refractivity contribution in [2.75, 3.05) is 5.32 Å². The Morgan fingerprint density at radius 3 is 2.57 bits per heavy atom. The van der Waals surface area contributed by atoms with Gasteiger partial charge in [-0.1, -0.05) is 46.9 Å². The highest BCUT2D eigenvalue weighted by atomic mass is 35.5. The van der Waals surface area contributed by atoms with Gasteiger partial charge >= 0.3 is 0 Å². The second-order valence-corrected chi connectivity index (χ2v) is 7.78. The number of oxazole rings is 1. The molecule has 0 bridgehead atoms. The number of nitrogens with one attached hydrogen (secondary N) is 1. The zero-order valence-electron chi connectivity index (χ0n) is 15.7. The molecule has 8 heteroatoms. The van der Waals surface area contributed by atoms with Crippen LogP contribution in [0.1, 0.15) is 6.92 Å². The van der Waals surface area contributed by atoms with Gasteiger partial charge in [0.2, 0.25) is 5.89 Å². The van der Waals surface area contributed by atoms with Crippen LogP contribution in [0.5, 0.6) is 5.75 Å². The highest BCUT2D eigenvalue weighted by Gasteiger charge is 2.19. The lowest BCUT2D eigenvalue weighted by Crippen LogP contribution is -2.30. The van der Waals surface area contributed by atoms with Gasteiger partial charge in [0.05, 0.1) is 16.3 Å². The first-order valence-corrected chi connectivity index (χ1v) is 10.1. The van der Waals surface area contributed by atoms with Crippen LogP contribution >= 0.6 is 34.8 Å². The highest BCUT2D eigenvalue weighted by Crippen LogP contribution is 2.32. The van der Waals surface area contributed by atoms with Gasteiger partial charge in [0, 0.05) is 10.0 Å². The number of hydrogen-bond acceptors (Lipinski definition) is 4. The average Bonchev–Trinajstić information content (AvgIpc) is 3.13. The molecule has 5 nitrogen and oxygen atoms in total. The third kappa shape index (κ3) is 4.38. The molecule has 4 rings (SSSR count). The number of aromatic nitrogens is 1. The molecular weight excluding hydrogens is 447 g/mol. The molecule has 0 spiro atoms. The lowest BCUT2D eigenvalue weighted by molar-refractivity contribution is -0.122. The first-order chi connectivity index (χ1) is 14.4. The number of halogens is 3. The van der Waals surface area contributed by atoms with Gasteiger partial charge in [-0.3, -0.25) is 4.79 Å². The predicted molar refractivity (Wildman–Crippen MR) is 120 cm³/mol. The molecule has 0 aliphatic carbocycles. The molecule has 0 fully saturated rings. The van der Waals surface area contributed by atoms with Crippen molar-refractivity contribution < 1.29 is 13.9 Å². The van der Waals surface area contributed by atoms with Crippen molar-refractivity contribution >= 4 is 57.5 Å². The lowest BCUT2D eigenvalue weighted by atomic mass is 10.1. The van der Waals surface area contributed by atoms with Crippen molar-refractivity contribution in [3.8, 4) is 17.2 Å². The summed E-state index contributed by atoms with van der Waals surface area (Å²) < 4.78 is 11.5. The minimum absolute atomic E-state index is 0.327. The van der Waals surface area contributed by atoms with Gasteiger partial charge in [-0.2, -0.15) is 0 Å². The Labute approximate surface area is 187 Å². The maximum atomic E-state index is 12.7. The number of nitrogens with zero attached hydrogens (tertiary/aromatic N) is 1. The quantitative estimate of drug-likeness (QED) is 0.352. The van der Waals surface area contributed by atoms with E-state index in [0.717, 1.165) is 0 Å². The molecule has 1 atom stereocenters. The highest BCUT2D eigenvalue weighted by molar-refractivity contribution is 6.35.